The molecule has 0 amide bonds. The second-order valence-corrected chi connectivity index (χ2v) is 4.95. The molecule has 0 radical (unpaired) electrons. The van der Waals surface area contributed by atoms with Crippen molar-refractivity contribution in [3.05, 3.63) is 57.6 Å². The van der Waals surface area contributed by atoms with Crippen LogP contribution in [0.15, 0.2) is 30.3 Å². The Kier molecular flexibility index (Phi) is 4.29. The van der Waals surface area contributed by atoms with Crippen LogP contribution in [0, 0.1) is 25.2 Å². The normalized spacial score (nSPS) is 10.2. The Hall–Kier alpha value is -2.02. The highest BCUT2D eigenvalue weighted by Crippen LogP contribution is 2.31. The Labute approximate surface area is 123 Å². The van der Waals surface area contributed by atoms with E-state index in [4.69, 9.17) is 26.7 Å². The third-order valence-corrected chi connectivity index (χ3v) is 3.58. The van der Waals surface area contributed by atoms with Gasteiger partial charge in [0.15, 0.2) is 0 Å². The Bertz CT molecular complexity index is 666. The molecule has 0 spiro atoms. The number of nitrogens with zero attached hydrogens (tertiary/aromatic N) is 1. The van der Waals surface area contributed by atoms with Gasteiger partial charge in [-0.25, -0.2) is 0 Å². The monoisotopic (exact) mass is 287 g/mol. The summed E-state index contributed by atoms with van der Waals surface area (Å²) in [7, 11) is 0. The first kappa shape index (κ1) is 14.4. The number of ether oxygens (including phenoxy) is 1. The molecule has 0 heterocycles. The van der Waals surface area contributed by atoms with Crippen LogP contribution < -0.4 is 4.74 Å². The van der Waals surface area contributed by atoms with E-state index in [0.717, 1.165) is 11.1 Å². The van der Waals surface area contributed by atoms with E-state index >= 15 is 0 Å². The van der Waals surface area contributed by atoms with Gasteiger partial charge < -0.3 is 9.84 Å². The van der Waals surface area contributed by atoms with Gasteiger partial charge in [-0.2, -0.15) is 5.26 Å². The van der Waals surface area contributed by atoms with Crippen molar-refractivity contribution in [1.29, 1.82) is 5.26 Å². The number of aryl methyl sites for hydroxylation is 2. The summed E-state index contributed by atoms with van der Waals surface area (Å²) in [6.07, 6.45) is 0. The van der Waals surface area contributed by atoms with Gasteiger partial charge in [0.05, 0.1) is 12.2 Å². The van der Waals surface area contributed by atoms with Crippen LogP contribution in [-0.2, 0) is 6.61 Å². The van der Waals surface area contributed by atoms with Crippen LogP contribution in [0.25, 0.3) is 0 Å². The van der Waals surface area contributed by atoms with Crippen molar-refractivity contribution in [1.82, 2.24) is 0 Å². The minimum atomic E-state index is -0.103. The summed E-state index contributed by atoms with van der Waals surface area (Å²) in [5.41, 5.74) is 2.92. The summed E-state index contributed by atoms with van der Waals surface area (Å²) >= 11 is 6.12. The van der Waals surface area contributed by atoms with E-state index in [1.54, 1.807) is 18.2 Å². The van der Waals surface area contributed by atoms with E-state index in [-0.39, 0.29) is 6.61 Å². The van der Waals surface area contributed by atoms with Gasteiger partial charge >= 0.3 is 0 Å². The van der Waals surface area contributed by atoms with Gasteiger partial charge in [0, 0.05) is 5.02 Å². The largest absolute Gasteiger partial charge is 0.456 e. The fourth-order valence-electron chi connectivity index (χ4n) is 1.94. The molecule has 0 aliphatic carbocycles. The molecule has 0 unspecified atom stereocenters. The van der Waals surface area contributed by atoms with Gasteiger partial charge in [0.2, 0.25) is 0 Å². The number of rotatable bonds is 3. The van der Waals surface area contributed by atoms with Crippen molar-refractivity contribution in [2.45, 2.75) is 20.5 Å². The van der Waals surface area contributed by atoms with E-state index in [1.807, 2.05) is 26.0 Å². The average molecular weight is 288 g/mol. The van der Waals surface area contributed by atoms with Gasteiger partial charge in [-0.15, -0.1) is 0 Å². The first-order valence-electron chi connectivity index (χ1n) is 6.13. The lowest BCUT2D eigenvalue weighted by Crippen LogP contribution is -1.93. The lowest BCUT2D eigenvalue weighted by Gasteiger charge is -2.11. The Morgan fingerprint density at radius 1 is 1.20 bits per heavy atom. The second-order valence-electron chi connectivity index (χ2n) is 4.57. The van der Waals surface area contributed by atoms with E-state index in [2.05, 4.69) is 6.07 Å². The van der Waals surface area contributed by atoms with Crippen molar-refractivity contribution in [2.24, 2.45) is 0 Å². The SMILES string of the molecule is Cc1cc(Oc2ccc(CO)cc2C#N)cc(C)c1Cl. The van der Waals surface area contributed by atoms with E-state index in [1.165, 1.54) is 0 Å². The van der Waals surface area contributed by atoms with E-state index in [9.17, 15) is 0 Å². The maximum Gasteiger partial charge on any atom is 0.145 e. The molecular weight excluding hydrogens is 274 g/mol. The molecule has 102 valence electrons. The predicted octanol–water partition coefficient (Wildman–Crippen LogP) is 4.11. The van der Waals surface area contributed by atoms with Gasteiger partial charge in [0.25, 0.3) is 0 Å². The lowest BCUT2D eigenvalue weighted by atomic mass is 10.1. The molecule has 0 bridgehead atoms. The Morgan fingerprint density at radius 3 is 2.40 bits per heavy atom. The number of aliphatic hydroxyl groups is 1. The smallest absolute Gasteiger partial charge is 0.145 e. The zero-order valence-corrected chi connectivity index (χ0v) is 12.0. The quantitative estimate of drug-likeness (QED) is 0.924. The fourth-order valence-corrected chi connectivity index (χ4v) is 2.05. The van der Waals surface area contributed by atoms with Crippen LogP contribution in [0.1, 0.15) is 22.3 Å². The molecule has 0 aliphatic heterocycles. The highest BCUT2D eigenvalue weighted by atomic mass is 35.5. The minimum Gasteiger partial charge on any atom is -0.456 e. The summed E-state index contributed by atoms with van der Waals surface area (Å²) in [6, 6.07) is 10.8. The molecule has 0 aliphatic rings. The zero-order valence-electron chi connectivity index (χ0n) is 11.3. The predicted molar refractivity (Wildman–Crippen MR) is 78.1 cm³/mol. The standard InChI is InChI=1S/C16H14ClNO2/c1-10-5-14(6-11(2)16(10)17)20-15-4-3-12(9-19)7-13(15)8-18/h3-7,19H,9H2,1-2H3. The number of aliphatic hydroxyl groups excluding tert-OH is 1. The van der Waals surface area contributed by atoms with Crippen LogP contribution in [0.4, 0.5) is 0 Å². The highest BCUT2D eigenvalue weighted by molar-refractivity contribution is 6.32. The van der Waals surface area contributed by atoms with Crippen molar-refractivity contribution >= 4 is 11.6 Å². The van der Waals surface area contributed by atoms with Crippen LogP contribution >= 0.6 is 11.6 Å². The summed E-state index contributed by atoms with van der Waals surface area (Å²) < 4.78 is 5.75. The second kappa shape index (κ2) is 5.96. The van der Waals surface area contributed by atoms with Gasteiger partial charge in [-0.1, -0.05) is 17.7 Å². The summed E-state index contributed by atoms with van der Waals surface area (Å²) in [5.74, 6) is 1.10. The number of halogens is 1. The number of nitriles is 1. The Morgan fingerprint density at radius 2 is 1.85 bits per heavy atom. The topological polar surface area (TPSA) is 53.2 Å². The van der Waals surface area contributed by atoms with Gasteiger partial charge in [-0.3, -0.25) is 0 Å². The molecule has 2 rings (SSSR count). The minimum absolute atomic E-state index is 0.103. The molecule has 4 heteroatoms. The van der Waals surface area contributed by atoms with E-state index in [0.29, 0.717) is 27.6 Å². The van der Waals surface area contributed by atoms with Gasteiger partial charge in [0.1, 0.15) is 17.6 Å². The highest BCUT2D eigenvalue weighted by Gasteiger charge is 2.08. The first-order valence-corrected chi connectivity index (χ1v) is 6.51. The molecule has 0 fully saturated rings. The zero-order chi connectivity index (χ0) is 14.7. The third-order valence-electron chi connectivity index (χ3n) is 2.98. The van der Waals surface area contributed by atoms with Crippen LogP contribution in [0.3, 0.4) is 0 Å². The van der Waals surface area contributed by atoms with Crippen molar-refractivity contribution in [2.75, 3.05) is 0 Å². The van der Waals surface area contributed by atoms with Crippen molar-refractivity contribution < 1.29 is 9.84 Å². The van der Waals surface area contributed by atoms with Crippen LogP contribution in [0.2, 0.25) is 5.02 Å². The molecule has 2 aromatic carbocycles. The summed E-state index contributed by atoms with van der Waals surface area (Å²) in [4.78, 5) is 0. The molecule has 0 aromatic heterocycles. The molecule has 2 aromatic rings. The molecule has 0 saturated carbocycles. The molecular formula is C16H14ClNO2. The number of hydrogen-bond donors (Lipinski definition) is 1. The fraction of sp³-hybridized carbons (Fsp3) is 0.188. The molecule has 0 saturated heterocycles. The third kappa shape index (κ3) is 2.93. The molecule has 20 heavy (non-hydrogen) atoms. The number of benzene rings is 2. The maximum absolute atomic E-state index is 9.14. The molecule has 0 atom stereocenters. The molecule has 3 nitrogen and oxygen atoms in total. The van der Waals surface area contributed by atoms with Crippen molar-refractivity contribution in [3.63, 3.8) is 0 Å². The van der Waals surface area contributed by atoms with Crippen LogP contribution in [-0.4, -0.2) is 5.11 Å². The summed E-state index contributed by atoms with van der Waals surface area (Å²) in [6.45, 7) is 3.71. The van der Waals surface area contributed by atoms with Crippen LogP contribution in [0.5, 0.6) is 11.5 Å². The van der Waals surface area contributed by atoms with Crippen molar-refractivity contribution in [3.8, 4) is 17.6 Å². The summed E-state index contributed by atoms with van der Waals surface area (Å²) in [5, 5.41) is 18.9. The first-order chi connectivity index (χ1) is 9.55. The number of hydrogen-bond acceptors (Lipinski definition) is 3. The maximum atomic E-state index is 9.14. The lowest BCUT2D eigenvalue weighted by molar-refractivity contribution is 0.281. The average Bonchev–Trinajstić information content (AvgIpc) is 2.45. The van der Waals surface area contributed by atoms with E-state index < -0.39 is 0 Å². The Balaban J connectivity index is 2.38. The van der Waals surface area contributed by atoms with Gasteiger partial charge in [-0.05, 0) is 54.8 Å². The molecule has 1 N–H and O–H groups in total.